The van der Waals surface area contributed by atoms with Crippen LogP contribution in [0.25, 0.3) is 0 Å². The highest BCUT2D eigenvalue weighted by molar-refractivity contribution is 6.30. The van der Waals surface area contributed by atoms with E-state index in [1.807, 2.05) is 19.2 Å². The van der Waals surface area contributed by atoms with Crippen molar-refractivity contribution in [2.45, 2.75) is 0 Å². The van der Waals surface area contributed by atoms with Gasteiger partial charge >= 0.3 is 0 Å². The van der Waals surface area contributed by atoms with E-state index in [2.05, 4.69) is 31.4 Å². The maximum atomic E-state index is 12.9. The summed E-state index contributed by atoms with van der Waals surface area (Å²) < 4.78 is 0. The van der Waals surface area contributed by atoms with Crippen molar-refractivity contribution < 1.29 is 9.59 Å². The standard InChI is InChI=1S/C25H20ClN5O2/c1-3-16-4-10-21(20(14-16)25(33)30-22-11-9-19(26)15-28-22)29-24(32)18-7-5-17(6-8-18)23-27-12-13-31(23)2/h1,4-11,14-15H,12-13H2,2H3,(H,29,32)(H,28,30,33). The molecule has 0 radical (unpaired) electrons. The minimum absolute atomic E-state index is 0.217. The molecule has 2 heterocycles. The third-order valence-corrected chi connectivity index (χ3v) is 5.34. The van der Waals surface area contributed by atoms with Crippen LogP contribution in [0.3, 0.4) is 0 Å². The van der Waals surface area contributed by atoms with Gasteiger partial charge in [-0.3, -0.25) is 14.6 Å². The van der Waals surface area contributed by atoms with E-state index >= 15 is 0 Å². The van der Waals surface area contributed by atoms with Crippen molar-refractivity contribution in [3.05, 3.63) is 88.1 Å². The van der Waals surface area contributed by atoms with Gasteiger partial charge < -0.3 is 15.5 Å². The van der Waals surface area contributed by atoms with Gasteiger partial charge in [0.05, 0.1) is 22.8 Å². The number of carbonyl (C=O) groups is 2. The van der Waals surface area contributed by atoms with E-state index in [1.165, 1.54) is 12.3 Å². The third kappa shape index (κ3) is 5.03. The molecule has 7 nitrogen and oxygen atoms in total. The monoisotopic (exact) mass is 457 g/mol. The van der Waals surface area contributed by atoms with Crippen molar-refractivity contribution >= 4 is 40.8 Å². The number of likely N-dealkylation sites (N-methyl/N-ethyl adjacent to an activating group) is 1. The molecule has 164 valence electrons. The zero-order chi connectivity index (χ0) is 23.4. The van der Waals surface area contributed by atoms with Gasteiger partial charge in [0.2, 0.25) is 0 Å². The molecule has 4 rings (SSSR count). The number of aliphatic imine (C=N–C) groups is 1. The Morgan fingerprint density at radius 2 is 1.85 bits per heavy atom. The number of rotatable bonds is 5. The Bertz CT molecular complexity index is 1280. The topological polar surface area (TPSA) is 86.7 Å². The fourth-order valence-corrected chi connectivity index (χ4v) is 3.49. The van der Waals surface area contributed by atoms with Crippen molar-refractivity contribution in [2.24, 2.45) is 4.99 Å². The number of nitrogens with one attached hydrogen (secondary N) is 2. The summed E-state index contributed by atoms with van der Waals surface area (Å²) in [7, 11) is 1.98. The van der Waals surface area contributed by atoms with Crippen molar-refractivity contribution in [1.82, 2.24) is 9.88 Å². The number of carbonyl (C=O) groups excluding carboxylic acids is 2. The van der Waals surface area contributed by atoms with Gasteiger partial charge in [0.1, 0.15) is 11.7 Å². The van der Waals surface area contributed by atoms with E-state index in [9.17, 15) is 9.59 Å². The Kier molecular flexibility index (Phi) is 6.38. The molecule has 3 aromatic rings. The summed E-state index contributed by atoms with van der Waals surface area (Å²) in [5, 5.41) is 5.94. The molecule has 0 saturated heterocycles. The first-order valence-corrected chi connectivity index (χ1v) is 10.5. The molecule has 0 aliphatic carbocycles. The summed E-state index contributed by atoms with van der Waals surface area (Å²) in [5.74, 6) is 2.91. The molecular weight excluding hydrogens is 438 g/mol. The summed E-state index contributed by atoms with van der Waals surface area (Å²) in [6.45, 7) is 1.64. The molecule has 1 aliphatic rings. The van der Waals surface area contributed by atoms with Crippen LogP contribution in [0.5, 0.6) is 0 Å². The number of pyridine rings is 1. The van der Waals surface area contributed by atoms with Crippen LogP contribution in [-0.4, -0.2) is 47.7 Å². The molecule has 0 unspecified atom stereocenters. The van der Waals surface area contributed by atoms with Crippen LogP contribution in [0, 0.1) is 12.3 Å². The Balaban J connectivity index is 1.54. The highest BCUT2D eigenvalue weighted by atomic mass is 35.5. The predicted octanol–water partition coefficient (Wildman–Crippen LogP) is 3.91. The van der Waals surface area contributed by atoms with Gasteiger partial charge in [-0.1, -0.05) is 29.7 Å². The van der Waals surface area contributed by atoms with Gasteiger partial charge in [0, 0.05) is 36.5 Å². The summed E-state index contributed by atoms with van der Waals surface area (Å²) in [5.41, 5.74) is 2.45. The Morgan fingerprint density at radius 1 is 1.06 bits per heavy atom. The summed E-state index contributed by atoms with van der Waals surface area (Å²) in [4.78, 5) is 36.4. The molecule has 8 heteroatoms. The molecule has 0 atom stereocenters. The number of terminal acetylenes is 1. The fraction of sp³-hybridized carbons (Fsp3) is 0.120. The number of nitrogens with zero attached hydrogens (tertiary/aromatic N) is 3. The lowest BCUT2D eigenvalue weighted by Gasteiger charge is -2.14. The van der Waals surface area contributed by atoms with E-state index in [0.717, 1.165) is 24.5 Å². The van der Waals surface area contributed by atoms with Crippen LogP contribution in [-0.2, 0) is 0 Å². The molecule has 0 spiro atoms. The SMILES string of the molecule is C#Cc1ccc(NC(=O)c2ccc(C3=NCCN3C)cc2)c(C(=O)Nc2ccc(Cl)cn2)c1. The van der Waals surface area contributed by atoms with Crippen molar-refractivity contribution in [3.8, 4) is 12.3 Å². The molecule has 1 aliphatic heterocycles. The van der Waals surface area contributed by atoms with E-state index in [4.69, 9.17) is 18.0 Å². The number of benzene rings is 2. The number of hydrogen-bond acceptors (Lipinski definition) is 5. The van der Waals surface area contributed by atoms with Crippen molar-refractivity contribution in [1.29, 1.82) is 0 Å². The van der Waals surface area contributed by atoms with E-state index < -0.39 is 5.91 Å². The second-order valence-electron chi connectivity index (χ2n) is 7.38. The Labute approximate surface area is 196 Å². The lowest BCUT2D eigenvalue weighted by Crippen LogP contribution is -2.23. The number of anilines is 2. The maximum Gasteiger partial charge on any atom is 0.258 e. The second kappa shape index (κ2) is 9.55. The number of aromatic nitrogens is 1. The first-order valence-electron chi connectivity index (χ1n) is 10.2. The van der Waals surface area contributed by atoms with Gasteiger partial charge in [-0.15, -0.1) is 6.42 Å². The van der Waals surface area contributed by atoms with Crippen LogP contribution in [0.1, 0.15) is 31.8 Å². The van der Waals surface area contributed by atoms with E-state index in [1.54, 1.807) is 36.4 Å². The lowest BCUT2D eigenvalue weighted by molar-refractivity contribution is 0.102. The summed E-state index contributed by atoms with van der Waals surface area (Å²) in [6.07, 6.45) is 6.92. The second-order valence-corrected chi connectivity index (χ2v) is 7.82. The van der Waals surface area contributed by atoms with Gasteiger partial charge in [-0.2, -0.15) is 0 Å². The molecule has 0 saturated carbocycles. The van der Waals surface area contributed by atoms with E-state index in [0.29, 0.717) is 27.7 Å². The van der Waals surface area contributed by atoms with Crippen LogP contribution in [0.4, 0.5) is 11.5 Å². The zero-order valence-electron chi connectivity index (χ0n) is 17.8. The smallest absolute Gasteiger partial charge is 0.258 e. The lowest BCUT2D eigenvalue weighted by atomic mass is 10.1. The first kappa shape index (κ1) is 22.1. The Hall–Kier alpha value is -4.15. The largest absolute Gasteiger partial charge is 0.358 e. The number of amidine groups is 1. The van der Waals surface area contributed by atoms with E-state index in [-0.39, 0.29) is 11.5 Å². The normalized spacial score (nSPS) is 12.6. The minimum atomic E-state index is -0.463. The van der Waals surface area contributed by atoms with Gasteiger partial charge in [0.15, 0.2) is 0 Å². The molecule has 2 aromatic carbocycles. The highest BCUT2D eigenvalue weighted by Crippen LogP contribution is 2.21. The molecule has 2 amide bonds. The average Bonchev–Trinajstić information content (AvgIpc) is 3.26. The van der Waals surface area contributed by atoms with Crippen molar-refractivity contribution in [3.63, 3.8) is 0 Å². The van der Waals surface area contributed by atoms with Gasteiger partial charge in [-0.05, 0) is 42.5 Å². The van der Waals surface area contributed by atoms with Gasteiger partial charge in [-0.25, -0.2) is 4.98 Å². The summed E-state index contributed by atoms with van der Waals surface area (Å²) in [6, 6.07) is 15.2. The zero-order valence-corrected chi connectivity index (χ0v) is 18.6. The average molecular weight is 458 g/mol. The Morgan fingerprint density at radius 3 is 2.48 bits per heavy atom. The molecule has 33 heavy (non-hydrogen) atoms. The number of amides is 2. The first-order chi connectivity index (χ1) is 15.9. The molecule has 2 N–H and O–H groups in total. The molecular formula is C25H20ClN5O2. The highest BCUT2D eigenvalue weighted by Gasteiger charge is 2.18. The molecule has 1 aromatic heterocycles. The number of hydrogen-bond donors (Lipinski definition) is 2. The fourth-order valence-electron chi connectivity index (χ4n) is 3.37. The van der Waals surface area contributed by atoms with Crippen LogP contribution < -0.4 is 10.6 Å². The predicted molar refractivity (Wildman–Crippen MR) is 130 cm³/mol. The maximum absolute atomic E-state index is 12.9. The molecule has 0 fully saturated rings. The van der Waals surface area contributed by atoms with Crippen LogP contribution in [0.2, 0.25) is 5.02 Å². The minimum Gasteiger partial charge on any atom is -0.358 e. The quantitative estimate of drug-likeness (QED) is 0.569. The van der Waals surface area contributed by atoms with Crippen LogP contribution >= 0.6 is 11.6 Å². The summed E-state index contributed by atoms with van der Waals surface area (Å²) >= 11 is 5.85. The molecule has 0 bridgehead atoms. The van der Waals surface area contributed by atoms with Gasteiger partial charge in [0.25, 0.3) is 11.8 Å². The van der Waals surface area contributed by atoms with Crippen LogP contribution in [0.15, 0.2) is 65.8 Å². The number of halogens is 1. The third-order valence-electron chi connectivity index (χ3n) is 5.11. The van der Waals surface area contributed by atoms with Crippen molar-refractivity contribution in [2.75, 3.05) is 30.8 Å².